The average Bonchev–Trinajstić information content (AvgIpc) is 2.43. The molecule has 0 amide bonds. The minimum atomic E-state index is -0.525. The summed E-state index contributed by atoms with van der Waals surface area (Å²) < 4.78 is 5.66. The molecular formula is C16H15ClO2. The van der Waals surface area contributed by atoms with Gasteiger partial charge in [0.05, 0.1) is 0 Å². The first-order chi connectivity index (χ1) is 9.08. The van der Waals surface area contributed by atoms with Crippen LogP contribution in [0.1, 0.15) is 22.8 Å². The van der Waals surface area contributed by atoms with Crippen LogP contribution in [0.5, 0.6) is 5.75 Å². The van der Waals surface area contributed by atoms with Crippen LogP contribution in [-0.2, 0) is 0 Å². The van der Waals surface area contributed by atoms with E-state index in [-0.39, 0.29) is 5.78 Å². The second-order valence-electron chi connectivity index (χ2n) is 4.40. The molecule has 2 aromatic carbocycles. The molecule has 0 aliphatic rings. The maximum Gasteiger partial charge on any atom is 0.202 e. The van der Waals surface area contributed by atoms with Crippen LogP contribution in [0.25, 0.3) is 0 Å². The van der Waals surface area contributed by atoms with Crippen LogP contribution in [0, 0.1) is 6.92 Å². The third-order valence-corrected chi connectivity index (χ3v) is 3.29. The van der Waals surface area contributed by atoms with Gasteiger partial charge in [-0.1, -0.05) is 41.9 Å². The van der Waals surface area contributed by atoms with Crippen molar-refractivity contribution in [1.82, 2.24) is 0 Å². The summed E-state index contributed by atoms with van der Waals surface area (Å²) in [5, 5.41) is 0.689. The van der Waals surface area contributed by atoms with Gasteiger partial charge in [-0.25, -0.2) is 0 Å². The number of hydrogen-bond donors (Lipinski definition) is 0. The highest BCUT2D eigenvalue weighted by molar-refractivity contribution is 6.31. The van der Waals surface area contributed by atoms with Gasteiger partial charge in [-0.2, -0.15) is 0 Å². The minimum absolute atomic E-state index is 0.0341. The lowest BCUT2D eigenvalue weighted by Crippen LogP contribution is -2.23. The van der Waals surface area contributed by atoms with Crippen molar-refractivity contribution in [3.63, 3.8) is 0 Å². The molecule has 19 heavy (non-hydrogen) atoms. The van der Waals surface area contributed by atoms with Gasteiger partial charge in [0, 0.05) is 10.6 Å². The number of carbonyl (C=O) groups excluding carboxylic acids is 1. The number of aryl methyl sites for hydroxylation is 1. The quantitative estimate of drug-likeness (QED) is 0.777. The number of carbonyl (C=O) groups is 1. The first kappa shape index (κ1) is 13.6. The molecule has 2 aromatic rings. The van der Waals surface area contributed by atoms with Gasteiger partial charge in [-0.05, 0) is 37.6 Å². The Labute approximate surface area is 118 Å². The zero-order chi connectivity index (χ0) is 13.8. The fraction of sp³-hybridized carbons (Fsp3) is 0.188. The standard InChI is InChI=1S/C16H15ClO2/c1-11-10-14(8-9-15(11)17)19-12(2)16(18)13-6-4-3-5-7-13/h3-10,12H,1-2H3/t12-/m0/s1. The van der Waals surface area contributed by atoms with Gasteiger partial charge in [0.25, 0.3) is 0 Å². The molecule has 0 aliphatic heterocycles. The van der Waals surface area contributed by atoms with Gasteiger partial charge in [0.2, 0.25) is 5.78 Å². The summed E-state index contributed by atoms with van der Waals surface area (Å²) in [5.41, 5.74) is 1.58. The maximum absolute atomic E-state index is 12.1. The Morgan fingerprint density at radius 3 is 2.47 bits per heavy atom. The highest BCUT2D eigenvalue weighted by atomic mass is 35.5. The van der Waals surface area contributed by atoms with Crippen molar-refractivity contribution < 1.29 is 9.53 Å². The fourth-order valence-corrected chi connectivity index (χ4v) is 1.90. The predicted octanol–water partition coefficient (Wildman–Crippen LogP) is 4.30. The number of ether oxygens (including phenoxy) is 1. The van der Waals surface area contributed by atoms with Crippen molar-refractivity contribution in [2.75, 3.05) is 0 Å². The maximum atomic E-state index is 12.1. The van der Waals surface area contributed by atoms with Crippen LogP contribution >= 0.6 is 11.6 Å². The van der Waals surface area contributed by atoms with Crippen LogP contribution in [0.4, 0.5) is 0 Å². The van der Waals surface area contributed by atoms with E-state index in [1.807, 2.05) is 31.2 Å². The van der Waals surface area contributed by atoms with E-state index in [0.29, 0.717) is 16.3 Å². The van der Waals surface area contributed by atoms with Crippen LogP contribution in [0.15, 0.2) is 48.5 Å². The molecule has 0 N–H and O–H groups in total. The molecule has 2 rings (SSSR count). The Kier molecular flexibility index (Phi) is 4.23. The van der Waals surface area contributed by atoms with E-state index in [1.165, 1.54) is 0 Å². The van der Waals surface area contributed by atoms with Crippen molar-refractivity contribution in [3.05, 3.63) is 64.7 Å². The van der Waals surface area contributed by atoms with Gasteiger partial charge < -0.3 is 4.74 Å². The van der Waals surface area contributed by atoms with Crippen LogP contribution in [-0.4, -0.2) is 11.9 Å². The van der Waals surface area contributed by atoms with Gasteiger partial charge in [-0.3, -0.25) is 4.79 Å². The van der Waals surface area contributed by atoms with Crippen LogP contribution in [0.3, 0.4) is 0 Å². The fourth-order valence-electron chi connectivity index (χ4n) is 1.79. The molecule has 0 saturated carbocycles. The molecule has 0 saturated heterocycles. The normalized spacial score (nSPS) is 11.9. The van der Waals surface area contributed by atoms with Crippen molar-refractivity contribution >= 4 is 17.4 Å². The van der Waals surface area contributed by atoms with Crippen molar-refractivity contribution in [2.24, 2.45) is 0 Å². The Bertz CT molecular complexity index is 579. The van der Waals surface area contributed by atoms with E-state index in [1.54, 1.807) is 31.2 Å². The van der Waals surface area contributed by atoms with E-state index in [4.69, 9.17) is 16.3 Å². The lowest BCUT2D eigenvalue weighted by atomic mass is 10.1. The zero-order valence-corrected chi connectivity index (χ0v) is 11.6. The molecule has 0 spiro atoms. The summed E-state index contributed by atoms with van der Waals surface area (Å²) in [7, 11) is 0. The van der Waals surface area contributed by atoms with E-state index < -0.39 is 6.10 Å². The molecule has 0 radical (unpaired) electrons. The summed E-state index contributed by atoms with van der Waals surface area (Å²) >= 11 is 5.95. The number of rotatable bonds is 4. The van der Waals surface area contributed by atoms with E-state index in [0.717, 1.165) is 5.56 Å². The lowest BCUT2D eigenvalue weighted by Gasteiger charge is -2.14. The molecule has 0 fully saturated rings. The van der Waals surface area contributed by atoms with Crippen molar-refractivity contribution in [3.8, 4) is 5.75 Å². The van der Waals surface area contributed by atoms with Crippen molar-refractivity contribution in [2.45, 2.75) is 20.0 Å². The summed E-state index contributed by atoms with van der Waals surface area (Å²) in [4.78, 5) is 12.1. The Morgan fingerprint density at radius 1 is 1.16 bits per heavy atom. The molecule has 0 bridgehead atoms. The molecule has 0 heterocycles. The summed E-state index contributed by atoms with van der Waals surface area (Å²) in [5.74, 6) is 0.617. The third-order valence-electron chi connectivity index (χ3n) is 2.87. The smallest absolute Gasteiger partial charge is 0.202 e. The molecule has 0 aromatic heterocycles. The first-order valence-electron chi connectivity index (χ1n) is 6.10. The number of benzene rings is 2. The number of hydrogen-bond acceptors (Lipinski definition) is 2. The number of halogens is 1. The average molecular weight is 275 g/mol. The van der Waals surface area contributed by atoms with Gasteiger partial charge in [0.1, 0.15) is 5.75 Å². The van der Waals surface area contributed by atoms with Crippen LogP contribution < -0.4 is 4.74 Å². The molecule has 2 nitrogen and oxygen atoms in total. The second kappa shape index (κ2) is 5.89. The van der Waals surface area contributed by atoms with E-state index in [9.17, 15) is 4.79 Å². The summed E-state index contributed by atoms with van der Waals surface area (Å²) in [6.45, 7) is 3.65. The summed E-state index contributed by atoms with van der Waals surface area (Å²) in [6.07, 6.45) is -0.525. The van der Waals surface area contributed by atoms with Gasteiger partial charge in [0.15, 0.2) is 6.10 Å². The number of Topliss-reactive ketones (excluding diaryl/α,β-unsaturated/α-hetero) is 1. The molecule has 98 valence electrons. The van der Waals surface area contributed by atoms with E-state index >= 15 is 0 Å². The summed E-state index contributed by atoms with van der Waals surface area (Å²) in [6, 6.07) is 14.5. The largest absolute Gasteiger partial charge is 0.483 e. The Balaban J connectivity index is 2.10. The zero-order valence-electron chi connectivity index (χ0n) is 10.9. The molecule has 0 aliphatic carbocycles. The molecule has 0 unspecified atom stereocenters. The monoisotopic (exact) mass is 274 g/mol. The number of ketones is 1. The molecule has 3 heteroatoms. The Morgan fingerprint density at radius 2 is 1.84 bits per heavy atom. The minimum Gasteiger partial charge on any atom is -0.483 e. The topological polar surface area (TPSA) is 26.3 Å². The third kappa shape index (κ3) is 3.36. The predicted molar refractivity (Wildman–Crippen MR) is 77.1 cm³/mol. The second-order valence-corrected chi connectivity index (χ2v) is 4.81. The highest BCUT2D eigenvalue weighted by Gasteiger charge is 2.16. The lowest BCUT2D eigenvalue weighted by molar-refractivity contribution is 0.0818. The van der Waals surface area contributed by atoms with E-state index in [2.05, 4.69) is 0 Å². The highest BCUT2D eigenvalue weighted by Crippen LogP contribution is 2.22. The molecule has 1 atom stereocenters. The van der Waals surface area contributed by atoms with Gasteiger partial charge >= 0.3 is 0 Å². The SMILES string of the molecule is Cc1cc(O[C@@H](C)C(=O)c2ccccc2)ccc1Cl. The first-order valence-corrected chi connectivity index (χ1v) is 6.48. The molecular weight excluding hydrogens is 260 g/mol. The van der Waals surface area contributed by atoms with Crippen LogP contribution in [0.2, 0.25) is 5.02 Å². The Hall–Kier alpha value is -1.80. The van der Waals surface area contributed by atoms with Crippen molar-refractivity contribution in [1.29, 1.82) is 0 Å². The van der Waals surface area contributed by atoms with Gasteiger partial charge in [-0.15, -0.1) is 0 Å².